The van der Waals surface area contributed by atoms with Gasteiger partial charge in [-0.15, -0.1) is 0 Å². The van der Waals surface area contributed by atoms with E-state index in [4.69, 9.17) is 16.3 Å². The van der Waals surface area contributed by atoms with Crippen molar-refractivity contribution in [2.75, 3.05) is 20.2 Å². The lowest BCUT2D eigenvalue weighted by molar-refractivity contribution is 0.0769. The summed E-state index contributed by atoms with van der Waals surface area (Å²) in [5.74, 6) is -0.325. The number of aryl methyl sites for hydroxylation is 2. The van der Waals surface area contributed by atoms with Gasteiger partial charge in [-0.2, -0.15) is 0 Å². The largest absolute Gasteiger partial charge is 0.492 e. The van der Waals surface area contributed by atoms with E-state index in [1.807, 2.05) is 26.0 Å². The van der Waals surface area contributed by atoms with Gasteiger partial charge >= 0.3 is 0 Å². The van der Waals surface area contributed by atoms with Crippen molar-refractivity contribution < 1.29 is 13.9 Å². The van der Waals surface area contributed by atoms with Crippen LogP contribution in [-0.4, -0.2) is 31.0 Å². The normalized spacial score (nSPS) is 10.5. The second kappa shape index (κ2) is 7.47. The van der Waals surface area contributed by atoms with E-state index in [2.05, 4.69) is 6.07 Å². The second-order valence-electron chi connectivity index (χ2n) is 5.50. The van der Waals surface area contributed by atoms with E-state index in [1.165, 1.54) is 23.1 Å². The van der Waals surface area contributed by atoms with Crippen molar-refractivity contribution in [1.82, 2.24) is 4.90 Å². The minimum Gasteiger partial charge on any atom is -0.492 e. The Hall–Kier alpha value is -2.07. The summed E-state index contributed by atoms with van der Waals surface area (Å²) in [5.41, 5.74) is 2.12. The fourth-order valence-electron chi connectivity index (χ4n) is 2.31. The maximum absolute atomic E-state index is 13.8. The third-order valence-corrected chi connectivity index (χ3v) is 3.73. The van der Waals surface area contributed by atoms with Crippen LogP contribution < -0.4 is 4.74 Å². The zero-order valence-electron chi connectivity index (χ0n) is 13.4. The lowest BCUT2D eigenvalue weighted by Gasteiger charge is -2.18. The summed E-state index contributed by atoms with van der Waals surface area (Å²) in [6.07, 6.45) is 0. The van der Waals surface area contributed by atoms with Gasteiger partial charge in [-0.3, -0.25) is 4.79 Å². The lowest BCUT2D eigenvalue weighted by Crippen LogP contribution is -2.31. The predicted octanol–water partition coefficient (Wildman–Crippen LogP) is 4.25. The van der Waals surface area contributed by atoms with E-state index in [0.29, 0.717) is 13.2 Å². The molecule has 0 aromatic heterocycles. The van der Waals surface area contributed by atoms with Crippen LogP contribution >= 0.6 is 11.6 Å². The van der Waals surface area contributed by atoms with Crippen LogP contribution in [0.1, 0.15) is 21.5 Å². The van der Waals surface area contributed by atoms with Crippen LogP contribution in [0.4, 0.5) is 4.39 Å². The highest BCUT2D eigenvalue weighted by Gasteiger charge is 2.19. The number of rotatable bonds is 5. The zero-order chi connectivity index (χ0) is 17.0. The van der Waals surface area contributed by atoms with Crippen LogP contribution in [0, 0.1) is 19.7 Å². The number of likely N-dealkylation sites (N-methyl/N-ethyl adjacent to an activating group) is 1. The molecular formula is C18H19ClFNO2. The standard InChI is InChI=1S/C18H19ClFNO2/c1-12-9-13(2)11-14(10-12)23-8-7-21(3)18(22)17-15(19)5-4-6-16(17)20/h4-6,9-11H,7-8H2,1-3H3. The molecule has 0 spiro atoms. The fraction of sp³-hybridized carbons (Fsp3) is 0.278. The summed E-state index contributed by atoms with van der Waals surface area (Å²) in [6, 6.07) is 10.1. The number of ether oxygens (including phenoxy) is 1. The molecule has 5 heteroatoms. The summed E-state index contributed by atoms with van der Waals surface area (Å²) >= 11 is 5.91. The first kappa shape index (κ1) is 17.3. The Labute approximate surface area is 140 Å². The summed E-state index contributed by atoms with van der Waals surface area (Å²) in [4.78, 5) is 13.7. The molecule has 0 N–H and O–H groups in total. The van der Waals surface area contributed by atoms with Gasteiger partial charge in [0.25, 0.3) is 5.91 Å². The molecule has 0 aliphatic carbocycles. The van der Waals surface area contributed by atoms with Crippen molar-refractivity contribution in [2.45, 2.75) is 13.8 Å². The van der Waals surface area contributed by atoms with Crippen molar-refractivity contribution in [2.24, 2.45) is 0 Å². The highest BCUT2D eigenvalue weighted by molar-refractivity contribution is 6.33. The van der Waals surface area contributed by atoms with Crippen LogP contribution in [-0.2, 0) is 0 Å². The Bertz CT molecular complexity index is 678. The Morgan fingerprint density at radius 2 is 1.87 bits per heavy atom. The Kier molecular flexibility index (Phi) is 5.61. The summed E-state index contributed by atoms with van der Waals surface area (Å²) in [5, 5.41) is 0.108. The fourth-order valence-corrected chi connectivity index (χ4v) is 2.56. The first-order chi connectivity index (χ1) is 10.9. The van der Waals surface area contributed by atoms with Gasteiger partial charge in [0.05, 0.1) is 17.1 Å². The Morgan fingerprint density at radius 3 is 2.48 bits per heavy atom. The number of carbonyl (C=O) groups excluding carboxylic acids is 1. The second-order valence-corrected chi connectivity index (χ2v) is 5.90. The predicted molar refractivity (Wildman–Crippen MR) is 89.8 cm³/mol. The van der Waals surface area contributed by atoms with E-state index < -0.39 is 11.7 Å². The van der Waals surface area contributed by atoms with Gasteiger partial charge in [0.15, 0.2) is 0 Å². The first-order valence-electron chi connectivity index (χ1n) is 7.29. The third-order valence-electron chi connectivity index (χ3n) is 3.41. The number of carbonyl (C=O) groups is 1. The van der Waals surface area contributed by atoms with Crippen molar-refractivity contribution in [1.29, 1.82) is 0 Å². The SMILES string of the molecule is Cc1cc(C)cc(OCCN(C)C(=O)c2c(F)cccc2Cl)c1. The Morgan fingerprint density at radius 1 is 1.22 bits per heavy atom. The van der Waals surface area contributed by atoms with E-state index in [-0.39, 0.29) is 10.6 Å². The number of benzene rings is 2. The maximum Gasteiger partial charge on any atom is 0.258 e. The average Bonchev–Trinajstić information content (AvgIpc) is 2.45. The average molecular weight is 336 g/mol. The molecule has 0 unspecified atom stereocenters. The molecule has 0 aliphatic rings. The number of nitrogens with zero attached hydrogens (tertiary/aromatic N) is 1. The molecule has 0 aliphatic heterocycles. The molecule has 0 atom stereocenters. The van der Waals surface area contributed by atoms with Gasteiger partial charge < -0.3 is 9.64 Å². The number of hydrogen-bond acceptors (Lipinski definition) is 2. The molecule has 0 heterocycles. The molecule has 1 amide bonds. The molecule has 2 aromatic carbocycles. The van der Waals surface area contributed by atoms with Crippen LogP contribution in [0.25, 0.3) is 0 Å². The topological polar surface area (TPSA) is 29.5 Å². The van der Waals surface area contributed by atoms with Gasteiger partial charge in [0.1, 0.15) is 18.2 Å². The van der Waals surface area contributed by atoms with Gasteiger partial charge in [0.2, 0.25) is 0 Å². The molecule has 0 bridgehead atoms. The molecule has 2 rings (SSSR count). The van der Waals surface area contributed by atoms with E-state index in [0.717, 1.165) is 16.9 Å². The Balaban J connectivity index is 1.97. The third kappa shape index (κ3) is 4.45. The molecule has 122 valence electrons. The van der Waals surface area contributed by atoms with Gasteiger partial charge in [0, 0.05) is 7.05 Å². The highest BCUT2D eigenvalue weighted by Crippen LogP contribution is 2.20. The van der Waals surface area contributed by atoms with Crippen molar-refractivity contribution >= 4 is 17.5 Å². The van der Waals surface area contributed by atoms with Crippen molar-refractivity contribution in [3.8, 4) is 5.75 Å². The summed E-state index contributed by atoms with van der Waals surface area (Å²) < 4.78 is 19.4. The molecular weight excluding hydrogens is 317 g/mol. The maximum atomic E-state index is 13.8. The molecule has 23 heavy (non-hydrogen) atoms. The minimum absolute atomic E-state index is 0.108. The van der Waals surface area contributed by atoms with Gasteiger partial charge in [-0.25, -0.2) is 4.39 Å². The summed E-state index contributed by atoms with van der Waals surface area (Å²) in [6.45, 7) is 4.64. The molecule has 2 aromatic rings. The molecule has 0 fully saturated rings. The van der Waals surface area contributed by atoms with Crippen LogP contribution in [0.15, 0.2) is 36.4 Å². The highest BCUT2D eigenvalue weighted by atomic mass is 35.5. The number of halogens is 2. The smallest absolute Gasteiger partial charge is 0.258 e. The number of hydrogen-bond donors (Lipinski definition) is 0. The molecule has 0 saturated heterocycles. The molecule has 0 saturated carbocycles. The first-order valence-corrected chi connectivity index (χ1v) is 7.67. The van der Waals surface area contributed by atoms with Crippen LogP contribution in [0.5, 0.6) is 5.75 Å². The van der Waals surface area contributed by atoms with E-state index in [1.54, 1.807) is 7.05 Å². The van der Waals surface area contributed by atoms with Crippen molar-refractivity contribution in [3.63, 3.8) is 0 Å². The zero-order valence-corrected chi connectivity index (χ0v) is 14.2. The summed E-state index contributed by atoms with van der Waals surface area (Å²) in [7, 11) is 1.59. The van der Waals surface area contributed by atoms with Crippen LogP contribution in [0.3, 0.4) is 0 Å². The van der Waals surface area contributed by atoms with E-state index >= 15 is 0 Å². The van der Waals surface area contributed by atoms with E-state index in [9.17, 15) is 9.18 Å². The molecule has 0 radical (unpaired) electrons. The number of amides is 1. The van der Waals surface area contributed by atoms with Gasteiger partial charge in [-0.05, 0) is 49.2 Å². The lowest BCUT2D eigenvalue weighted by atomic mass is 10.1. The quantitative estimate of drug-likeness (QED) is 0.817. The van der Waals surface area contributed by atoms with Crippen LogP contribution in [0.2, 0.25) is 5.02 Å². The monoisotopic (exact) mass is 335 g/mol. The molecule has 3 nitrogen and oxygen atoms in total. The van der Waals surface area contributed by atoms with Crippen molar-refractivity contribution in [3.05, 3.63) is 63.9 Å². The van der Waals surface area contributed by atoms with Gasteiger partial charge in [-0.1, -0.05) is 23.7 Å². The minimum atomic E-state index is -0.621.